The van der Waals surface area contributed by atoms with E-state index in [1.165, 1.54) is 4.90 Å². The number of β-amino-alcohol motifs (C(OH)–C–C–N with tert-alkyl or cyclic N) is 1. The van der Waals surface area contributed by atoms with E-state index < -0.39 is 23.5 Å². The fourth-order valence-corrected chi connectivity index (χ4v) is 7.39. The van der Waals surface area contributed by atoms with Gasteiger partial charge in [-0.15, -0.1) is 11.3 Å². The number of ether oxygens (including phenoxy) is 1. The molecule has 0 spiro atoms. The van der Waals surface area contributed by atoms with E-state index in [0.717, 1.165) is 39.9 Å². The molecule has 1 saturated heterocycles. The number of hydrogen-bond donors (Lipinski definition) is 3. The monoisotopic (exact) mass is 672 g/mol. The van der Waals surface area contributed by atoms with Crippen LogP contribution in [0.1, 0.15) is 81.2 Å². The average molecular weight is 673 g/mol. The summed E-state index contributed by atoms with van der Waals surface area (Å²) >= 11 is 1.58. The third-order valence-electron chi connectivity index (χ3n) is 9.57. The van der Waals surface area contributed by atoms with Crippen LogP contribution >= 0.6 is 11.3 Å². The smallest absolute Gasteiger partial charge is 0.243 e. The number of Topliss-reactive ketones (excluding diaryl/α,β-unsaturated/α-hetero) is 1. The lowest BCUT2D eigenvalue weighted by atomic mass is 9.76. The van der Waals surface area contributed by atoms with E-state index in [4.69, 9.17) is 14.9 Å². The average Bonchev–Trinajstić information content (AvgIpc) is 3.76. The maximum atomic E-state index is 14.2. The van der Waals surface area contributed by atoms with Gasteiger partial charge in [-0.2, -0.15) is 0 Å². The summed E-state index contributed by atoms with van der Waals surface area (Å²) in [6, 6.07) is 14.1. The standard InChI is InChI=1S/C37H44N4O6S/c1-20(22-6-8-23(9-7-22)34-21(2)39-19-48-34)40-35(44)30-16-26(42)18-41(30)36(45)29(37(3,4)5)17-31(43)33-13-24-12-27(10-11-32(24)47-33)46-28-14-25(38)15-28/h6-13,19-20,25-26,28-30,42H,14-18,38H2,1-5H3,(H,40,44)/t20-,25?,26+,28?,29+,30-/m0/s1. The molecule has 254 valence electrons. The van der Waals surface area contributed by atoms with Gasteiger partial charge < -0.3 is 30.2 Å². The van der Waals surface area contributed by atoms with Gasteiger partial charge in [-0.05, 0) is 67.5 Å². The highest BCUT2D eigenvalue weighted by atomic mass is 32.1. The Morgan fingerprint density at radius 3 is 2.50 bits per heavy atom. The predicted octanol–water partition coefficient (Wildman–Crippen LogP) is 5.81. The van der Waals surface area contributed by atoms with Gasteiger partial charge in [-0.1, -0.05) is 45.0 Å². The summed E-state index contributed by atoms with van der Waals surface area (Å²) in [6.45, 7) is 9.59. The van der Waals surface area contributed by atoms with E-state index in [1.807, 2.05) is 76.5 Å². The van der Waals surface area contributed by atoms with Crippen molar-refractivity contribution in [3.05, 3.63) is 71.1 Å². The second-order valence-corrected chi connectivity index (χ2v) is 15.2. The van der Waals surface area contributed by atoms with Crippen molar-refractivity contribution < 1.29 is 28.6 Å². The first-order valence-electron chi connectivity index (χ1n) is 16.5. The number of nitrogens with one attached hydrogen (secondary N) is 1. The van der Waals surface area contributed by atoms with Gasteiger partial charge >= 0.3 is 0 Å². The fraction of sp³-hybridized carbons (Fsp3) is 0.459. The maximum Gasteiger partial charge on any atom is 0.243 e. The highest BCUT2D eigenvalue weighted by Crippen LogP contribution is 2.36. The molecule has 4 N–H and O–H groups in total. The van der Waals surface area contributed by atoms with Gasteiger partial charge in [0.25, 0.3) is 0 Å². The Morgan fingerprint density at radius 1 is 1.12 bits per heavy atom. The van der Waals surface area contributed by atoms with Crippen LogP contribution < -0.4 is 15.8 Å². The van der Waals surface area contributed by atoms with Crippen LogP contribution in [-0.2, 0) is 9.59 Å². The molecule has 2 fully saturated rings. The van der Waals surface area contributed by atoms with Crippen molar-refractivity contribution in [2.75, 3.05) is 6.54 Å². The van der Waals surface area contributed by atoms with E-state index in [0.29, 0.717) is 11.3 Å². The second-order valence-electron chi connectivity index (χ2n) is 14.3. The summed E-state index contributed by atoms with van der Waals surface area (Å²) in [4.78, 5) is 48.2. The van der Waals surface area contributed by atoms with Crippen LogP contribution in [0.25, 0.3) is 21.4 Å². The van der Waals surface area contributed by atoms with Gasteiger partial charge in [-0.25, -0.2) is 4.98 Å². The molecule has 10 nitrogen and oxygen atoms in total. The SMILES string of the molecule is Cc1ncsc1-c1ccc([C@H](C)NC(=O)[C@@H]2C[C@@H](O)CN2C(=O)[C@@H](CC(=O)c2cc3cc(OC4CC(N)C4)ccc3o2)C(C)(C)C)cc1. The number of nitrogens with two attached hydrogens (primary N) is 1. The van der Waals surface area contributed by atoms with E-state index in [1.54, 1.807) is 23.5 Å². The summed E-state index contributed by atoms with van der Waals surface area (Å²) in [7, 11) is 0. The van der Waals surface area contributed by atoms with Crippen LogP contribution in [0.3, 0.4) is 0 Å². The lowest BCUT2D eigenvalue weighted by molar-refractivity contribution is -0.144. The largest absolute Gasteiger partial charge is 0.490 e. The number of rotatable bonds is 10. The minimum absolute atomic E-state index is 0.0221. The van der Waals surface area contributed by atoms with Gasteiger partial charge in [0, 0.05) is 30.8 Å². The molecule has 2 aromatic heterocycles. The Labute approximate surface area is 284 Å². The van der Waals surface area contributed by atoms with Crippen molar-refractivity contribution in [1.29, 1.82) is 0 Å². The quantitative estimate of drug-likeness (QED) is 0.179. The van der Waals surface area contributed by atoms with Gasteiger partial charge in [0.05, 0.1) is 34.1 Å². The molecule has 1 aliphatic heterocycles. The molecule has 0 unspecified atom stereocenters. The molecular formula is C37H44N4O6S. The zero-order valence-corrected chi connectivity index (χ0v) is 28.9. The zero-order chi connectivity index (χ0) is 34.3. The van der Waals surface area contributed by atoms with E-state index >= 15 is 0 Å². The molecule has 2 aliphatic rings. The minimum Gasteiger partial charge on any atom is -0.490 e. The van der Waals surface area contributed by atoms with Crippen LogP contribution in [0.5, 0.6) is 5.75 Å². The van der Waals surface area contributed by atoms with E-state index in [-0.39, 0.29) is 60.9 Å². The number of aliphatic hydroxyl groups is 1. The number of carbonyl (C=O) groups is 3. The lowest BCUT2D eigenvalue weighted by Crippen LogP contribution is -2.50. The summed E-state index contributed by atoms with van der Waals surface area (Å²) in [5.41, 5.74) is 10.6. The van der Waals surface area contributed by atoms with Crippen molar-refractivity contribution in [2.45, 2.75) is 90.6 Å². The number of nitrogens with zero attached hydrogens (tertiary/aromatic N) is 2. The summed E-state index contributed by atoms with van der Waals surface area (Å²) in [6.07, 6.45) is 0.891. The molecule has 0 bridgehead atoms. The number of carbonyl (C=O) groups excluding carboxylic acids is 3. The van der Waals surface area contributed by atoms with Gasteiger partial charge in [0.15, 0.2) is 11.5 Å². The minimum atomic E-state index is -0.858. The first-order valence-corrected chi connectivity index (χ1v) is 17.4. The normalized spacial score (nSPS) is 22.3. The van der Waals surface area contributed by atoms with Crippen LogP contribution in [0.2, 0.25) is 0 Å². The zero-order valence-electron chi connectivity index (χ0n) is 28.1. The number of aromatic nitrogens is 1. The molecule has 4 atom stereocenters. The van der Waals surface area contributed by atoms with Crippen molar-refractivity contribution in [3.63, 3.8) is 0 Å². The van der Waals surface area contributed by atoms with E-state index in [9.17, 15) is 19.5 Å². The molecule has 2 amide bonds. The number of hydrogen-bond acceptors (Lipinski definition) is 9. The summed E-state index contributed by atoms with van der Waals surface area (Å²) in [5.74, 6) is -0.881. The molecule has 0 radical (unpaired) electrons. The van der Waals surface area contributed by atoms with Crippen molar-refractivity contribution in [1.82, 2.24) is 15.2 Å². The van der Waals surface area contributed by atoms with Crippen molar-refractivity contribution in [3.8, 4) is 16.2 Å². The Kier molecular flexibility index (Phi) is 9.48. The maximum absolute atomic E-state index is 14.2. The highest BCUT2D eigenvalue weighted by molar-refractivity contribution is 7.13. The van der Waals surface area contributed by atoms with Crippen LogP contribution in [0.4, 0.5) is 0 Å². The summed E-state index contributed by atoms with van der Waals surface area (Å²) in [5, 5.41) is 14.4. The van der Waals surface area contributed by atoms with Gasteiger partial charge in [0.1, 0.15) is 23.5 Å². The predicted molar refractivity (Wildman–Crippen MR) is 185 cm³/mol. The van der Waals surface area contributed by atoms with E-state index in [2.05, 4.69) is 10.3 Å². The molecule has 4 aromatic rings. The van der Waals surface area contributed by atoms with Gasteiger partial charge in [0.2, 0.25) is 11.8 Å². The van der Waals surface area contributed by atoms with Crippen LogP contribution in [0.15, 0.2) is 58.5 Å². The Bertz CT molecular complexity index is 1800. The highest BCUT2D eigenvalue weighted by Gasteiger charge is 2.45. The molecule has 1 saturated carbocycles. The number of ketones is 1. The number of furan rings is 1. The third kappa shape index (κ3) is 7.18. The van der Waals surface area contributed by atoms with Crippen LogP contribution in [-0.4, -0.2) is 63.4 Å². The number of amides is 2. The first kappa shape index (κ1) is 33.8. The Hall–Kier alpha value is -4.06. The molecule has 48 heavy (non-hydrogen) atoms. The lowest BCUT2D eigenvalue weighted by Gasteiger charge is -2.34. The molecule has 11 heteroatoms. The molecule has 6 rings (SSSR count). The Balaban J connectivity index is 1.13. The number of fused-ring (bicyclic) bond motifs is 1. The Morgan fingerprint density at radius 2 is 1.85 bits per heavy atom. The van der Waals surface area contributed by atoms with Crippen LogP contribution in [0, 0.1) is 18.3 Å². The molecule has 2 aromatic carbocycles. The van der Waals surface area contributed by atoms with Gasteiger partial charge in [-0.3, -0.25) is 14.4 Å². The topological polar surface area (TPSA) is 148 Å². The van der Waals surface area contributed by atoms with Crippen molar-refractivity contribution in [2.24, 2.45) is 17.1 Å². The number of thiazole rings is 1. The molecule has 3 heterocycles. The van der Waals surface area contributed by atoms with Crippen molar-refractivity contribution >= 4 is 39.9 Å². The number of aliphatic hydroxyl groups excluding tert-OH is 1. The number of benzene rings is 2. The molecular weight excluding hydrogens is 628 g/mol. The number of likely N-dealkylation sites (tertiary alicyclic amines) is 1. The molecule has 1 aliphatic carbocycles. The second kappa shape index (κ2) is 13.4. The fourth-order valence-electron chi connectivity index (χ4n) is 6.58. The summed E-state index contributed by atoms with van der Waals surface area (Å²) < 4.78 is 11.9. The number of aryl methyl sites for hydroxylation is 1. The first-order chi connectivity index (χ1) is 22.8. The third-order valence-corrected chi connectivity index (χ3v) is 10.5.